The van der Waals surface area contributed by atoms with E-state index in [-0.39, 0.29) is 50.7 Å². The molecule has 12 nitrogen and oxygen atoms in total. The van der Waals surface area contributed by atoms with Gasteiger partial charge in [0.05, 0.1) is 25.4 Å². The second-order valence-electron chi connectivity index (χ2n) is 15.3. The summed E-state index contributed by atoms with van der Waals surface area (Å²) in [6, 6.07) is 0. The zero-order chi connectivity index (χ0) is 44.1. The van der Waals surface area contributed by atoms with Crippen molar-refractivity contribution in [1.82, 2.24) is 0 Å². The summed E-state index contributed by atoms with van der Waals surface area (Å²) in [7, 11) is -4.46. The maximum atomic E-state index is 12.6. The third-order valence-corrected chi connectivity index (χ3v) is 11.0. The van der Waals surface area contributed by atoms with Gasteiger partial charge in [-0.1, -0.05) is 138 Å². The maximum absolute atomic E-state index is 12.6. The molecule has 0 heterocycles. The third-order valence-electron chi connectivity index (χ3n) is 9.99. The average Bonchev–Trinajstić information content (AvgIpc) is 3.49. The van der Waals surface area contributed by atoms with Gasteiger partial charge in [-0.2, -0.15) is 0 Å². The number of aliphatic hydroxyl groups excluding tert-OH is 2. The number of hydrogen-bond acceptors (Lipinski definition) is 11. The smallest absolute Gasteiger partial charge is 0.462 e. The molecule has 0 amide bonds. The van der Waals surface area contributed by atoms with Crippen molar-refractivity contribution in [2.75, 3.05) is 26.4 Å². The van der Waals surface area contributed by atoms with Crippen LogP contribution in [0.25, 0.3) is 0 Å². The highest BCUT2D eigenvalue weighted by atomic mass is 31.2. The van der Waals surface area contributed by atoms with E-state index < -0.39 is 50.6 Å². The summed E-state index contributed by atoms with van der Waals surface area (Å²) < 4.78 is 32.7. The molecule has 1 rings (SSSR count). The van der Waals surface area contributed by atoms with Gasteiger partial charge in [0.1, 0.15) is 12.4 Å². The Bertz CT molecular complexity index is 1370. The molecule has 1 aliphatic rings. The van der Waals surface area contributed by atoms with Crippen LogP contribution in [0.4, 0.5) is 0 Å². The van der Waals surface area contributed by atoms with Gasteiger partial charge in [0, 0.05) is 31.7 Å². The van der Waals surface area contributed by atoms with Gasteiger partial charge in [-0.15, -0.1) is 0 Å². The van der Waals surface area contributed by atoms with E-state index in [1.807, 2.05) is 12.2 Å². The molecular formula is C47H78NO11P. The fourth-order valence-electron chi connectivity index (χ4n) is 6.58. The normalized spacial score (nSPS) is 19.5. The zero-order valence-electron chi connectivity index (χ0n) is 36.6. The van der Waals surface area contributed by atoms with Crippen molar-refractivity contribution in [3.8, 4) is 0 Å². The molecule has 0 saturated heterocycles. The van der Waals surface area contributed by atoms with Gasteiger partial charge in [-0.3, -0.25) is 23.4 Å². The van der Waals surface area contributed by atoms with Crippen LogP contribution in [0.5, 0.6) is 0 Å². The molecule has 5 N–H and O–H groups in total. The molecule has 0 aromatic rings. The summed E-state index contributed by atoms with van der Waals surface area (Å²) in [4.78, 5) is 47.6. The summed E-state index contributed by atoms with van der Waals surface area (Å²) in [6.07, 6.45) is 38.5. The molecule has 1 fully saturated rings. The van der Waals surface area contributed by atoms with Gasteiger partial charge in [-0.05, 0) is 70.1 Å². The van der Waals surface area contributed by atoms with Crippen LogP contribution in [0.2, 0.25) is 0 Å². The van der Waals surface area contributed by atoms with Gasteiger partial charge in [0.15, 0.2) is 6.10 Å². The monoisotopic (exact) mass is 864 g/mol. The van der Waals surface area contributed by atoms with Crippen molar-refractivity contribution < 1.29 is 52.6 Å². The number of hydrogen-bond donors (Lipinski definition) is 4. The highest BCUT2D eigenvalue weighted by molar-refractivity contribution is 7.47. The van der Waals surface area contributed by atoms with Crippen LogP contribution < -0.4 is 5.73 Å². The first-order chi connectivity index (χ1) is 29.0. The van der Waals surface area contributed by atoms with Crippen LogP contribution in [0.1, 0.15) is 149 Å². The van der Waals surface area contributed by atoms with Crippen molar-refractivity contribution >= 4 is 25.5 Å². The minimum Gasteiger partial charge on any atom is -0.462 e. The average molecular weight is 864 g/mol. The summed E-state index contributed by atoms with van der Waals surface area (Å²) in [5.41, 5.74) is 5.34. The molecule has 13 heteroatoms. The van der Waals surface area contributed by atoms with Crippen molar-refractivity contribution in [2.24, 2.45) is 17.6 Å². The lowest BCUT2D eigenvalue weighted by molar-refractivity contribution is -0.161. The minimum absolute atomic E-state index is 0.00243. The third kappa shape index (κ3) is 30.1. The zero-order valence-corrected chi connectivity index (χ0v) is 37.5. The maximum Gasteiger partial charge on any atom is 0.472 e. The van der Waals surface area contributed by atoms with Crippen molar-refractivity contribution in [3.63, 3.8) is 0 Å². The molecule has 0 aromatic heterocycles. The molecule has 60 heavy (non-hydrogen) atoms. The second-order valence-corrected chi connectivity index (χ2v) is 16.8. The highest BCUT2D eigenvalue weighted by Gasteiger charge is 2.39. The van der Waals surface area contributed by atoms with E-state index in [0.717, 1.165) is 70.6 Å². The summed E-state index contributed by atoms with van der Waals surface area (Å²) in [5, 5.41) is 20.7. The number of ether oxygens (including phenoxy) is 2. The Kier molecular flexibility index (Phi) is 33.7. The number of nitrogens with two attached hydrogens (primary N) is 1. The van der Waals surface area contributed by atoms with Crippen LogP contribution in [-0.2, 0) is 37.5 Å². The van der Waals surface area contributed by atoms with E-state index in [1.165, 1.54) is 19.3 Å². The first kappa shape index (κ1) is 55.1. The Labute approximate surface area is 361 Å². The molecule has 6 atom stereocenters. The van der Waals surface area contributed by atoms with Crippen LogP contribution >= 0.6 is 7.82 Å². The van der Waals surface area contributed by atoms with E-state index >= 15 is 0 Å². The number of aliphatic hydroxyl groups is 2. The number of allylic oxidation sites excluding steroid dienone is 11. The Hall–Kier alpha value is -2.96. The first-order valence-corrected chi connectivity index (χ1v) is 24.0. The number of ketones is 1. The first-order valence-electron chi connectivity index (χ1n) is 22.5. The van der Waals surface area contributed by atoms with E-state index in [2.05, 4.69) is 62.5 Å². The number of unbranched alkanes of at least 4 members (excludes halogenated alkanes) is 8. The summed E-state index contributed by atoms with van der Waals surface area (Å²) in [6.45, 7) is 3.23. The van der Waals surface area contributed by atoms with E-state index in [4.69, 9.17) is 24.3 Å². The van der Waals surface area contributed by atoms with E-state index in [9.17, 15) is 34.1 Å². The Morgan fingerprint density at radius 1 is 0.767 bits per heavy atom. The minimum atomic E-state index is -4.46. The molecule has 0 spiro atoms. The standard InChI is InChI=1S/C47H78NO11P/c1-3-5-7-8-9-10-11-12-13-14-15-16-17-18-19-20-21-22-28-32-47(53)59-41(39-58-60(54,55)57-36-35-48)38-56-46(52)31-27-24-23-26-30-42-43(45(51)37-44(42)50)34-33-40(49)29-25-6-4-2/h9-10,12-13,15-16,18-19,21-22,33-34,40-44,49-50H,3-8,11,14,17,20,23-32,35-39,48H2,1-2H3,(H,54,55)/b10-9-,13-12-,16-15-,19-18-,22-21-,34-33+/t40-,41+,42+,43+,44-/m0/s1. The van der Waals surface area contributed by atoms with Gasteiger partial charge < -0.3 is 30.3 Å². The fourth-order valence-corrected chi connectivity index (χ4v) is 7.34. The molecule has 1 saturated carbocycles. The SMILES string of the molecule is CCCCC/C=C\C/C=C\C/C=C\C/C=C\C/C=C\CCC(=O)O[C@H](COC(=O)CCCCCC[C@H]1[C@@H](O)CC(=O)[C@@H]1/C=C/[C@@H](O)CCCCC)COP(=O)(O)OCCN. The van der Waals surface area contributed by atoms with Gasteiger partial charge in [-0.25, -0.2) is 4.57 Å². The van der Waals surface area contributed by atoms with Crippen molar-refractivity contribution in [3.05, 3.63) is 72.9 Å². The van der Waals surface area contributed by atoms with Gasteiger partial charge >= 0.3 is 19.8 Å². The number of rotatable bonds is 37. The molecular weight excluding hydrogens is 785 g/mol. The number of phosphoric acid groups is 1. The second kappa shape index (κ2) is 36.7. The predicted octanol–water partition coefficient (Wildman–Crippen LogP) is 9.64. The molecule has 0 radical (unpaired) electrons. The lowest BCUT2D eigenvalue weighted by atomic mass is 9.88. The number of carbonyl (C=O) groups is 3. The topological polar surface area (TPSA) is 192 Å². The molecule has 0 aromatic carbocycles. The van der Waals surface area contributed by atoms with Crippen molar-refractivity contribution in [2.45, 2.75) is 167 Å². The highest BCUT2D eigenvalue weighted by Crippen LogP contribution is 2.43. The van der Waals surface area contributed by atoms with E-state index in [0.29, 0.717) is 25.7 Å². The van der Waals surface area contributed by atoms with Crippen LogP contribution in [-0.4, -0.2) is 77.5 Å². The molecule has 342 valence electrons. The lowest BCUT2D eigenvalue weighted by Crippen LogP contribution is -2.29. The predicted molar refractivity (Wildman–Crippen MR) is 239 cm³/mol. The Morgan fingerprint density at radius 2 is 1.37 bits per heavy atom. The van der Waals surface area contributed by atoms with Crippen LogP contribution in [0.3, 0.4) is 0 Å². The summed E-state index contributed by atoms with van der Waals surface area (Å²) >= 11 is 0. The lowest BCUT2D eigenvalue weighted by Gasteiger charge is -2.20. The Balaban J connectivity index is 2.42. The Morgan fingerprint density at radius 3 is 2.00 bits per heavy atom. The largest absolute Gasteiger partial charge is 0.472 e. The van der Waals surface area contributed by atoms with Crippen LogP contribution in [0, 0.1) is 11.8 Å². The quantitative estimate of drug-likeness (QED) is 0.0200. The van der Waals surface area contributed by atoms with Gasteiger partial charge in [0.2, 0.25) is 0 Å². The number of Topliss-reactive ketones (excluding diaryl/α,β-unsaturated/α-hetero) is 1. The fraction of sp³-hybridized carbons (Fsp3) is 0.681. The van der Waals surface area contributed by atoms with E-state index in [1.54, 1.807) is 12.2 Å². The molecule has 0 bridgehead atoms. The summed E-state index contributed by atoms with van der Waals surface area (Å²) in [5.74, 6) is -1.68. The van der Waals surface area contributed by atoms with Crippen molar-refractivity contribution in [1.29, 1.82) is 0 Å². The molecule has 0 aliphatic heterocycles. The number of esters is 2. The van der Waals surface area contributed by atoms with Crippen LogP contribution in [0.15, 0.2) is 72.9 Å². The molecule has 1 aliphatic carbocycles. The number of phosphoric ester groups is 1. The molecule has 1 unspecified atom stereocenters. The van der Waals surface area contributed by atoms with Gasteiger partial charge in [0.25, 0.3) is 0 Å². The number of carbonyl (C=O) groups excluding carboxylic acids is 3.